The smallest absolute Gasteiger partial charge is 0.0625 e. The Morgan fingerprint density at radius 1 is 1.50 bits per heavy atom. The fourth-order valence-electron chi connectivity index (χ4n) is 1.40. The van der Waals surface area contributed by atoms with Crippen LogP contribution in [0.25, 0.3) is 0 Å². The second-order valence-corrected chi connectivity index (χ2v) is 4.13. The topological polar surface area (TPSA) is 29.9 Å². The maximum atomic E-state index is 4.40. The molecule has 0 saturated carbocycles. The molecule has 1 rings (SSSR count). The molecule has 0 saturated heterocycles. The van der Waals surface area contributed by atoms with Gasteiger partial charge < -0.3 is 5.32 Å². The second kappa shape index (κ2) is 5.15. The van der Waals surface area contributed by atoms with Gasteiger partial charge in [0.1, 0.15) is 0 Å². The van der Waals surface area contributed by atoms with E-state index in [0.717, 1.165) is 19.5 Å². The fraction of sp³-hybridized carbons (Fsp3) is 0.727. The van der Waals surface area contributed by atoms with Crippen molar-refractivity contribution >= 4 is 0 Å². The molecule has 3 heteroatoms. The summed E-state index contributed by atoms with van der Waals surface area (Å²) < 4.78 is 1.96. The van der Waals surface area contributed by atoms with Crippen molar-refractivity contribution in [1.29, 1.82) is 0 Å². The number of hydrogen-bond acceptors (Lipinski definition) is 2. The molecule has 1 N–H and O–H groups in total. The number of hydrogen-bond donors (Lipinski definition) is 1. The highest BCUT2D eigenvalue weighted by atomic mass is 15.3. The monoisotopic (exact) mass is 195 g/mol. The summed E-state index contributed by atoms with van der Waals surface area (Å²) in [7, 11) is 2.01. The predicted molar refractivity (Wildman–Crippen MR) is 59.1 cm³/mol. The van der Waals surface area contributed by atoms with Crippen molar-refractivity contribution in [3.8, 4) is 0 Å². The Kier molecular flexibility index (Phi) is 4.14. The Bertz CT molecular complexity index is 276. The third kappa shape index (κ3) is 3.14. The summed E-state index contributed by atoms with van der Waals surface area (Å²) in [6.07, 6.45) is 1.01. The van der Waals surface area contributed by atoms with Gasteiger partial charge in [0.15, 0.2) is 0 Å². The van der Waals surface area contributed by atoms with Crippen LogP contribution in [0.15, 0.2) is 6.07 Å². The van der Waals surface area contributed by atoms with Crippen LogP contribution in [-0.2, 0) is 20.0 Å². The van der Waals surface area contributed by atoms with E-state index in [-0.39, 0.29) is 0 Å². The second-order valence-electron chi connectivity index (χ2n) is 4.13. The molecule has 0 atom stereocenters. The summed E-state index contributed by atoms with van der Waals surface area (Å²) in [6.45, 7) is 8.55. The van der Waals surface area contributed by atoms with E-state index < -0.39 is 0 Å². The van der Waals surface area contributed by atoms with Crippen molar-refractivity contribution in [2.24, 2.45) is 13.0 Å². The zero-order valence-corrected chi connectivity index (χ0v) is 9.67. The third-order valence-electron chi connectivity index (χ3n) is 2.25. The molecule has 0 aromatic carbocycles. The zero-order chi connectivity index (χ0) is 10.6. The van der Waals surface area contributed by atoms with Gasteiger partial charge in [0.2, 0.25) is 0 Å². The van der Waals surface area contributed by atoms with Crippen molar-refractivity contribution in [3.63, 3.8) is 0 Å². The molecule has 0 amide bonds. The van der Waals surface area contributed by atoms with Crippen LogP contribution in [-0.4, -0.2) is 16.3 Å². The molecule has 0 spiro atoms. The lowest BCUT2D eigenvalue weighted by Gasteiger charge is -2.06. The van der Waals surface area contributed by atoms with E-state index in [1.807, 2.05) is 11.7 Å². The van der Waals surface area contributed by atoms with E-state index in [4.69, 9.17) is 0 Å². The lowest BCUT2D eigenvalue weighted by molar-refractivity contribution is 0.536. The molecule has 1 aromatic rings. The lowest BCUT2D eigenvalue weighted by Crippen LogP contribution is -2.20. The predicted octanol–water partition coefficient (Wildman–Crippen LogP) is 1.73. The molecule has 0 radical (unpaired) electrons. The number of aryl methyl sites for hydroxylation is 2. The minimum Gasteiger partial charge on any atom is -0.311 e. The highest BCUT2D eigenvalue weighted by Gasteiger charge is 2.03. The van der Waals surface area contributed by atoms with Crippen molar-refractivity contribution in [3.05, 3.63) is 17.5 Å². The molecule has 14 heavy (non-hydrogen) atoms. The Hall–Kier alpha value is -0.830. The Balaban J connectivity index is 2.45. The number of rotatable bonds is 5. The normalized spacial score (nSPS) is 11.2. The molecule has 0 aliphatic rings. The quantitative estimate of drug-likeness (QED) is 0.775. The van der Waals surface area contributed by atoms with Gasteiger partial charge in [0.05, 0.1) is 11.4 Å². The Morgan fingerprint density at radius 2 is 2.21 bits per heavy atom. The molecule has 1 aromatic heterocycles. The first-order valence-electron chi connectivity index (χ1n) is 5.36. The van der Waals surface area contributed by atoms with Gasteiger partial charge in [-0.05, 0) is 24.9 Å². The first-order valence-corrected chi connectivity index (χ1v) is 5.36. The summed E-state index contributed by atoms with van der Waals surface area (Å²) in [5, 5.41) is 7.82. The van der Waals surface area contributed by atoms with Gasteiger partial charge in [-0.1, -0.05) is 20.8 Å². The molecule has 0 aliphatic carbocycles. The zero-order valence-electron chi connectivity index (χ0n) is 9.67. The largest absolute Gasteiger partial charge is 0.311 e. The van der Waals surface area contributed by atoms with Gasteiger partial charge in [-0.25, -0.2) is 0 Å². The first-order chi connectivity index (χ1) is 6.63. The molecular formula is C11H21N3. The van der Waals surface area contributed by atoms with Gasteiger partial charge in [0, 0.05) is 13.6 Å². The molecule has 3 nitrogen and oxygen atoms in total. The van der Waals surface area contributed by atoms with E-state index in [2.05, 4.69) is 37.3 Å². The summed E-state index contributed by atoms with van der Waals surface area (Å²) in [5.41, 5.74) is 2.44. The van der Waals surface area contributed by atoms with E-state index in [1.165, 1.54) is 11.4 Å². The lowest BCUT2D eigenvalue weighted by atomic mass is 10.2. The molecule has 0 aliphatic heterocycles. The van der Waals surface area contributed by atoms with Crippen LogP contribution in [0.3, 0.4) is 0 Å². The van der Waals surface area contributed by atoms with Crippen molar-refractivity contribution in [2.45, 2.75) is 33.7 Å². The maximum absolute atomic E-state index is 4.40. The van der Waals surface area contributed by atoms with Crippen LogP contribution in [0.1, 0.15) is 32.2 Å². The highest BCUT2D eigenvalue weighted by Crippen LogP contribution is 2.03. The number of nitrogens with zero attached hydrogens (tertiary/aromatic N) is 2. The summed E-state index contributed by atoms with van der Waals surface area (Å²) in [5.74, 6) is 0.703. The molecule has 1 heterocycles. The first kappa shape index (κ1) is 11.2. The van der Waals surface area contributed by atoms with E-state index in [1.54, 1.807) is 0 Å². The van der Waals surface area contributed by atoms with E-state index in [9.17, 15) is 0 Å². The van der Waals surface area contributed by atoms with Crippen LogP contribution in [0.5, 0.6) is 0 Å². The standard InChI is InChI=1S/C11H21N3/c1-5-10-6-11(14(4)13-10)8-12-7-9(2)3/h6,9,12H,5,7-8H2,1-4H3. The van der Waals surface area contributed by atoms with Gasteiger partial charge in [-0.2, -0.15) is 5.10 Å². The minimum absolute atomic E-state index is 0.703. The number of aromatic nitrogens is 2. The SMILES string of the molecule is CCc1cc(CNCC(C)C)n(C)n1. The van der Waals surface area contributed by atoms with Crippen LogP contribution in [0, 0.1) is 5.92 Å². The van der Waals surface area contributed by atoms with Gasteiger partial charge in [-0.3, -0.25) is 4.68 Å². The van der Waals surface area contributed by atoms with Crippen molar-refractivity contribution in [1.82, 2.24) is 15.1 Å². The number of nitrogens with one attached hydrogen (secondary N) is 1. The average molecular weight is 195 g/mol. The summed E-state index contributed by atoms with van der Waals surface area (Å²) in [6, 6.07) is 2.17. The average Bonchev–Trinajstić information content (AvgIpc) is 2.47. The maximum Gasteiger partial charge on any atom is 0.0625 e. The van der Waals surface area contributed by atoms with Gasteiger partial charge in [0.25, 0.3) is 0 Å². The third-order valence-corrected chi connectivity index (χ3v) is 2.25. The van der Waals surface area contributed by atoms with Crippen LogP contribution in [0.4, 0.5) is 0 Å². The molecule has 80 valence electrons. The van der Waals surface area contributed by atoms with Crippen molar-refractivity contribution in [2.75, 3.05) is 6.54 Å². The molecular weight excluding hydrogens is 174 g/mol. The molecule has 0 unspecified atom stereocenters. The summed E-state index contributed by atoms with van der Waals surface area (Å²) >= 11 is 0. The van der Waals surface area contributed by atoms with E-state index in [0.29, 0.717) is 5.92 Å². The summed E-state index contributed by atoms with van der Waals surface area (Å²) in [4.78, 5) is 0. The highest BCUT2D eigenvalue weighted by molar-refractivity contribution is 5.09. The Labute approximate surface area is 86.5 Å². The minimum atomic E-state index is 0.703. The fourth-order valence-corrected chi connectivity index (χ4v) is 1.40. The van der Waals surface area contributed by atoms with Gasteiger partial charge in [-0.15, -0.1) is 0 Å². The van der Waals surface area contributed by atoms with Gasteiger partial charge >= 0.3 is 0 Å². The molecule has 0 fully saturated rings. The van der Waals surface area contributed by atoms with Crippen LogP contribution in [0.2, 0.25) is 0 Å². The van der Waals surface area contributed by atoms with E-state index >= 15 is 0 Å². The molecule has 0 bridgehead atoms. The van der Waals surface area contributed by atoms with Crippen molar-refractivity contribution < 1.29 is 0 Å². The Morgan fingerprint density at radius 3 is 2.71 bits per heavy atom. The van der Waals surface area contributed by atoms with Crippen LogP contribution < -0.4 is 5.32 Å². The van der Waals surface area contributed by atoms with Crippen LogP contribution >= 0.6 is 0 Å².